The topological polar surface area (TPSA) is 306 Å². The van der Waals surface area contributed by atoms with E-state index in [1.54, 1.807) is 0 Å². The summed E-state index contributed by atoms with van der Waals surface area (Å²) in [4.78, 5) is 87.1. The van der Waals surface area contributed by atoms with Crippen LogP contribution in [0.2, 0.25) is 0 Å². The summed E-state index contributed by atoms with van der Waals surface area (Å²) in [6, 6.07) is 0. The van der Waals surface area contributed by atoms with E-state index in [0.717, 1.165) is 9.80 Å². The molecule has 0 spiro atoms. The Bertz CT molecular complexity index is 767. The van der Waals surface area contributed by atoms with Gasteiger partial charge in [-0.15, -0.1) is 0 Å². The van der Waals surface area contributed by atoms with Crippen molar-refractivity contribution in [1.82, 2.24) is 25.8 Å². The predicted molar refractivity (Wildman–Crippen MR) is 119 cm³/mol. The van der Waals surface area contributed by atoms with E-state index in [0.29, 0.717) is 0 Å². The third-order valence-electron chi connectivity index (χ3n) is 3.68. The quantitative estimate of drug-likeness (QED) is 0.0785. The molecule has 0 radical (unpaired) electrons. The summed E-state index contributed by atoms with van der Waals surface area (Å²) in [5.41, 5.74) is 4.98. The highest BCUT2D eigenvalue weighted by molar-refractivity contribution is 5.89. The SMILES string of the molecule is NCC(=O)NCC(=O)NCC(=O)NCC(=O)O.O=C(O)CN(CCN(CC(=O)O)CC(=O)O)CC(=O)O. The molecule has 0 bridgehead atoms. The first kappa shape index (κ1) is 34.8. The van der Waals surface area contributed by atoms with Crippen LogP contribution in [-0.2, 0) is 38.4 Å². The van der Waals surface area contributed by atoms with Gasteiger partial charge in [0.25, 0.3) is 0 Å². The molecule has 0 aromatic rings. The van der Waals surface area contributed by atoms with Gasteiger partial charge in [-0.1, -0.05) is 0 Å². The number of aliphatic carboxylic acids is 5. The second-order valence-electron chi connectivity index (χ2n) is 6.92. The van der Waals surface area contributed by atoms with E-state index in [2.05, 4.69) is 16.0 Å². The van der Waals surface area contributed by atoms with Crippen molar-refractivity contribution in [3.63, 3.8) is 0 Å². The maximum atomic E-state index is 11.0. The van der Waals surface area contributed by atoms with Gasteiger partial charge in [-0.2, -0.15) is 0 Å². The fourth-order valence-corrected chi connectivity index (χ4v) is 2.21. The van der Waals surface area contributed by atoms with Gasteiger partial charge < -0.3 is 47.2 Å². The number of nitrogens with one attached hydrogen (secondary N) is 3. The molecule has 0 saturated carbocycles. The molecule has 0 aromatic carbocycles. The Morgan fingerprint density at radius 1 is 0.486 bits per heavy atom. The molecule has 19 heteroatoms. The van der Waals surface area contributed by atoms with Gasteiger partial charge in [0.2, 0.25) is 17.7 Å². The number of hydrogen-bond acceptors (Lipinski definition) is 11. The van der Waals surface area contributed by atoms with Crippen LogP contribution in [0, 0.1) is 0 Å². The van der Waals surface area contributed by atoms with Gasteiger partial charge in [-0.3, -0.25) is 48.2 Å². The van der Waals surface area contributed by atoms with E-state index < -0.39 is 80.3 Å². The zero-order chi connectivity index (χ0) is 29.0. The van der Waals surface area contributed by atoms with E-state index >= 15 is 0 Å². The minimum absolute atomic E-state index is 0.0703. The maximum absolute atomic E-state index is 11.0. The lowest BCUT2D eigenvalue weighted by atomic mass is 10.4. The van der Waals surface area contributed by atoms with Crippen molar-refractivity contribution in [2.24, 2.45) is 5.73 Å². The van der Waals surface area contributed by atoms with Crippen LogP contribution in [0.1, 0.15) is 0 Å². The maximum Gasteiger partial charge on any atom is 0.322 e. The summed E-state index contributed by atoms with van der Waals surface area (Å²) in [5.74, 6) is -7.79. The van der Waals surface area contributed by atoms with Crippen molar-refractivity contribution >= 4 is 47.6 Å². The number of carboxylic acids is 5. The number of carbonyl (C=O) groups excluding carboxylic acids is 3. The first-order valence-electron chi connectivity index (χ1n) is 10.2. The Labute approximate surface area is 209 Å². The normalized spacial score (nSPS) is 10.0. The molecule has 0 atom stereocenters. The fourth-order valence-electron chi connectivity index (χ4n) is 2.21. The van der Waals surface area contributed by atoms with Crippen LogP contribution in [0.5, 0.6) is 0 Å². The number of amides is 3. The number of nitrogens with zero attached hydrogens (tertiary/aromatic N) is 2. The van der Waals surface area contributed by atoms with Crippen LogP contribution in [0.15, 0.2) is 0 Å². The molecule has 19 nitrogen and oxygen atoms in total. The summed E-state index contributed by atoms with van der Waals surface area (Å²) < 4.78 is 0. The van der Waals surface area contributed by atoms with Crippen molar-refractivity contribution in [1.29, 1.82) is 0 Å². The molecule has 10 N–H and O–H groups in total. The minimum Gasteiger partial charge on any atom is -0.480 e. The van der Waals surface area contributed by atoms with Crippen molar-refractivity contribution in [3.8, 4) is 0 Å². The van der Waals surface area contributed by atoms with Gasteiger partial charge in [0.05, 0.1) is 45.8 Å². The lowest BCUT2D eigenvalue weighted by Crippen LogP contribution is -2.43. The first-order chi connectivity index (χ1) is 17.2. The number of carboxylic acid groups (broad SMARTS) is 5. The molecule has 0 rings (SSSR count). The van der Waals surface area contributed by atoms with Crippen molar-refractivity contribution in [2.45, 2.75) is 0 Å². The van der Waals surface area contributed by atoms with Gasteiger partial charge in [0, 0.05) is 13.1 Å². The molecular formula is C18H30N6O13. The van der Waals surface area contributed by atoms with Crippen molar-refractivity contribution in [2.75, 3.05) is 65.4 Å². The van der Waals surface area contributed by atoms with Gasteiger partial charge in [-0.05, 0) is 0 Å². The molecule has 0 aliphatic heterocycles. The third kappa shape index (κ3) is 24.6. The van der Waals surface area contributed by atoms with Gasteiger partial charge in [-0.25, -0.2) is 0 Å². The number of hydrogen-bond donors (Lipinski definition) is 9. The monoisotopic (exact) mass is 538 g/mol. The predicted octanol–water partition coefficient (Wildman–Crippen LogP) is -5.69. The lowest BCUT2D eigenvalue weighted by Gasteiger charge is -2.23. The summed E-state index contributed by atoms with van der Waals surface area (Å²) in [6.45, 7) is -3.64. The Balaban J connectivity index is 0. The highest BCUT2D eigenvalue weighted by Gasteiger charge is 2.18. The molecule has 0 aromatic heterocycles. The second-order valence-corrected chi connectivity index (χ2v) is 6.92. The number of carbonyl (C=O) groups is 8. The molecule has 0 aliphatic carbocycles. The highest BCUT2D eigenvalue weighted by Crippen LogP contribution is 1.94. The van der Waals surface area contributed by atoms with Crippen LogP contribution in [-0.4, -0.2) is 148 Å². The zero-order valence-corrected chi connectivity index (χ0v) is 19.5. The summed E-state index contributed by atoms with van der Waals surface area (Å²) in [6.07, 6.45) is 0. The van der Waals surface area contributed by atoms with E-state index in [1.165, 1.54) is 0 Å². The van der Waals surface area contributed by atoms with Crippen LogP contribution in [0.3, 0.4) is 0 Å². The van der Waals surface area contributed by atoms with Crippen LogP contribution in [0.4, 0.5) is 0 Å². The molecule has 0 fully saturated rings. The molecule has 0 saturated heterocycles. The van der Waals surface area contributed by atoms with Gasteiger partial charge in [0.15, 0.2) is 0 Å². The van der Waals surface area contributed by atoms with E-state index in [4.69, 9.17) is 31.3 Å². The standard InChI is InChI=1S/C10H16N2O8.C8H14N4O5/c13-7(14)3-11(4-8(15)16)1-2-12(5-9(17)18)6-10(19)20;9-1-5(13)10-2-6(14)11-3-7(15)12-4-8(16)17/h1-6H2,(H,13,14)(H,15,16)(H,17,18)(H,19,20);1-4,9H2,(H,10,13)(H,11,14)(H,12,15)(H,16,17). The van der Waals surface area contributed by atoms with Crippen LogP contribution < -0.4 is 21.7 Å². The second kappa shape index (κ2) is 19.9. The Kier molecular flexibility index (Phi) is 18.7. The average molecular weight is 538 g/mol. The Hall–Kier alpha value is -4.36. The van der Waals surface area contributed by atoms with E-state index in [1.807, 2.05) is 0 Å². The molecule has 210 valence electrons. The van der Waals surface area contributed by atoms with Crippen LogP contribution in [0.25, 0.3) is 0 Å². The van der Waals surface area contributed by atoms with E-state index in [9.17, 15) is 38.4 Å². The lowest BCUT2D eigenvalue weighted by molar-refractivity contribution is -0.145. The Morgan fingerprint density at radius 2 is 0.784 bits per heavy atom. The largest absolute Gasteiger partial charge is 0.480 e. The number of rotatable bonds is 18. The van der Waals surface area contributed by atoms with Crippen LogP contribution >= 0.6 is 0 Å². The minimum atomic E-state index is -1.23. The third-order valence-corrected chi connectivity index (χ3v) is 3.68. The Morgan fingerprint density at radius 3 is 1.05 bits per heavy atom. The van der Waals surface area contributed by atoms with Crippen molar-refractivity contribution in [3.05, 3.63) is 0 Å². The number of nitrogens with two attached hydrogens (primary N) is 1. The first-order valence-corrected chi connectivity index (χ1v) is 10.2. The summed E-state index contributed by atoms with van der Waals surface area (Å²) >= 11 is 0. The zero-order valence-electron chi connectivity index (χ0n) is 19.5. The molecule has 0 aliphatic rings. The summed E-state index contributed by atoms with van der Waals surface area (Å²) in [5, 5.41) is 49.2. The van der Waals surface area contributed by atoms with Gasteiger partial charge in [0.1, 0.15) is 6.54 Å². The highest BCUT2D eigenvalue weighted by atomic mass is 16.4. The average Bonchev–Trinajstić information content (AvgIpc) is 2.76. The molecule has 37 heavy (non-hydrogen) atoms. The van der Waals surface area contributed by atoms with Gasteiger partial charge >= 0.3 is 29.8 Å². The molecule has 0 unspecified atom stereocenters. The molecule has 0 heterocycles. The molecular weight excluding hydrogens is 508 g/mol. The summed E-state index contributed by atoms with van der Waals surface area (Å²) in [7, 11) is 0. The fraction of sp³-hybridized carbons (Fsp3) is 0.556. The van der Waals surface area contributed by atoms with Crippen molar-refractivity contribution < 1.29 is 63.9 Å². The molecule has 3 amide bonds. The smallest absolute Gasteiger partial charge is 0.322 e. The van der Waals surface area contributed by atoms with E-state index in [-0.39, 0.29) is 32.7 Å².